The van der Waals surface area contributed by atoms with Crippen LogP contribution in [0, 0.1) is 0 Å². The second-order valence-corrected chi connectivity index (χ2v) is 5.65. The molecule has 0 radical (unpaired) electrons. The number of hydrogen-bond acceptors (Lipinski definition) is 3. The van der Waals surface area contributed by atoms with Crippen LogP contribution < -0.4 is 0 Å². The quantitative estimate of drug-likeness (QED) is 0.798. The Morgan fingerprint density at radius 2 is 2.26 bits per heavy atom. The Bertz CT molecular complexity index is 596. The van der Waals surface area contributed by atoms with Gasteiger partial charge in [-0.2, -0.15) is 0 Å². The molecule has 19 heavy (non-hydrogen) atoms. The molecule has 0 saturated heterocycles. The first-order valence-electron chi connectivity index (χ1n) is 5.89. The van der Waals surface area contributed by atoms with Gasteiger partial charge in [-0.25, -0.2) is 9.18 Å². The molecule has 98 valence electrons. The van der Waals surface area contributed by atoms with Crippen LogP contribution in [-0.2, 0) is 9.53 Å². The monoisotopic (exact) mass is 278 g/mol. The Balaban J connectivity index is 1.92. The molecule has 2 aliphatic carbocycles. The third-order valence-electron chi connectivity index (χ3n) is 3.09. The molecule has 3 nitrogen and oxygen atoms in total. The standard InChI is InChI=1S/C14H11FO3S/c15-10-2-4-13-11(6-10)18-7-9-5-8(14(16)17)1-3-12(9)19-13/h1,3,5-7,12H,2,4H2,(H,16,17). The van der Waals surface area contributed by atoms with Crippen LogP contribution in [0.4, 0.5) is 4.39 Å². The van der Waals surface area contributed by atoms with Gasteiger partial charge in [-0.3, -0.25) is 0 Å². The highest BCUT2D eigenvalue weighted by Crippen LogP contribution is 2.42. The number of carboxylic acids is 1. The van der Waals surface area contributed by atoms with Crippen molar-refractivity contribution < 1.29 is 19.0 Å². The Labute approximate surface area is 113 Å². The summed E-state index contributed by atoms with van der Waals surface area (Å²) in [5.74, 6) is -0.609. The van der Waals surface area contributed by atoms with Gasteiger partial charge in [0.15, 0.2) is 0 Å². The van der Waals surface area contributed by atoms with Crippen LogP contribution in [0.5, 0.6) is 0 Å². The van der Waals surface area contributed by atoms with Crippen molar-refractivity contribution in [3.63, 3.8) is 0 Å². The van der Waals surface area contributed by atoms with Crippen molar-refractivity contribution in [3.05, 3.63) is 58.2 Å². The number of halogens is 1. The first-order valence-corrected chi connectivity index (χ1v) is 6.77. The minimum Gasteiger partial charge on any atom is -0.478 e. The van der Waals surface area contributed by atoms with Gasteiger partial charge < -0.3 is 9.84 Å². The lowest BCUT2D eigenvalue weighted by atomic mass is 10.0. The van der Waals surface area contributed by atoms with Crippen molar-refractivity contribution in [2.75, 3.05) is 0 Å². The zero-order chi connectivity index (χ0) is 13.4. The molecule has 0 aromatic heterocycles. The third-order valence-corrected chi connectivity index (χ3v) is 4.47. The maximum absolute atomic E-state index is 13.2. The molecular formula is C14H11FO3S. The van der Waals surface area contributed by atoms with Crippen LogP contribution in [-0.4, -0.2) is 16.3 Å². The Morgan fingerprint density at radius 3 is 3.05 bits per heavy atom. The van der Waals surface area contributed by atoms with E-state index in [1.54, 1.807) is 23.9 Å². The van der Waals surface area contributed by atoms with E-state index in [2.05, 4.69) is 0 Å². The highest BCUT2D eigenvalue weighted by molar-refractivity contribution is 8.04. The molecule has 1 aliphatic heterocycles. The largest absolute Gasteiger partial charge is 0.478 e. The number of ether oxygens (including phenoxy) is 1. The van der Waals surface area contributed by atoms with E-state index in [0.717, 1.165) is 10.5 Å². The Kier molecular flexibility index (Phi) is 3.06. The van der Waals surface area contributed by atoms with Crippen LogP contribution in [0.25, 0.3) is 0 Å². The van der Waals surface area contributed by atoms with Crippen molar-refractivity contribution in [1.82, 2.24) is 0 Å². The SMILES string of the molecule is O=C(O)C1=CC2=COC3=C(CCC(F)=C3)SC2C=C1. The summed E-state index contributed by atoms with van der Waals surface area (Å²) in [4.78, 5) is 12.0. The molecule has 1 atom stereocenters. The summed E-state index contributed by atoms with van der Waals surface area (Å²) in [5.41, 5.74) is 1.02. The number of fused-ring (bicyclic) bond motifs is 1. The lowest BCUT2D eigenvalue weighted by Gasteiger charge is -2.18. The molecule has 0 spiro atoms. The molecule has 5 heteroatoms. The van der Waals surface area contributed by atoms with E-state index in [9.17, 15) is 9.18 Å². The fourth-order valence-electron chi connectivity index (χ4n) is 2.11. The van der Waals surface area contributed by atoms with Gasteiger partial charge in [-0.15, -0.1) is 11.8 Å². The number of carbonyl (C=O) groups is 1. The van der Waals surface area contributed by atoms with Crippen molar-refractivity contribution in [2.24, 2.45) is 0 Å². The zero-order valence-corrected chi connectivity index (χ0v) is 10.7. The second-order valence-electron chi connectivity index (χ2n) is 4.42. The fourth-order valence-corrected chi connectivity index (χ4v) is 3.27. The highest BCUT2D eigenvalue weighted by Gasteiger charge is 2.25. The summed E-state index contributed by atoms with van der Waals surface area (Å²) in [6, 6.07) is 0. The van der Waals surface area contributed by atoms with Crippen LogP contribution in [0.2, 0.25) is 0 Å². The number of rotatable bonds is 1. The van der Waals surface area contributed by atoms with Gasteiger partial charge in [-0.05, 0) is 12.5 Å². The number of hydrogen-bond donors (Lipinski definition) is 1. The number of allylic oxidation sites excluding steroid dienone is 4. The maximum atomic E-state index is 13.2. The van der Waals surface area contributed by atoms with Gasteiger partial charge in [0.1, 0.15) is 11.6 Å². The van der Waals surface area contributed by atoms with Gasteiger partial charge in [0.2, 0.25) is 0 Å². The van der Waals surface area contributed by atoms with Crippen molar-refractivity contribution in [1.29, 1.82) is 0 Å². The summed E-state index contributed by atoms with van der Waals surface area (Å²) in [7, 11) is 0. The van der Waals surface area contributed by atoms with Crippen molar-refractivity contribution in [2.45, 2.75) is 18.1 Å². The minimum absolute atomic E-state index is 0.0326. The second kappa shape index (κ2) is 4.74. The molecule has 0 aromatic rings. The predicted octanol–water partition coefficient (Wildman–Crippen LogP) is 3.44. The fraction of sp³-hybridized carbons (Fsp3) is 0.214. The van der Waals surface area contributed by atoms with Gasteiger partial charge in [0.25, 0.3) is 0 Å². The molecule has 3 rings (SSSR count). The molecule has 3 aliphatic rings. The van der Waals surface area contributed by atoms with Crippen molar-refractivity contribution in [3.8, 4) is 0 Å². The molecule has 0 aromatic carbocycles. The topological polar surface area (TPSA) is 46.5 Å². The molecule has 0 fully saturated rings. The predicted molar refractivity (Wildman–Crippen MR) is 70.9 cm³/mol. The summed E-state index contributed by atoms with van der Waals surface area (Å²) in [5, 5.41) is 9.01. The van der Waals surface area contributed by atoms with E-state index >= 15 is 0 Å². The molecule has 0 amide bonds. The van der Waals surface area contributed by atoms with Crippen LogP contribution in [0.1, 0.15) is 12.8 Å². The number of thioether (sulfide) groups is 1. The molecule has 0 bridgehead atoms. The zero-order valence-electron chi connectivity index (χ0n) is 9.93. The van der Waals surface area contributed by atoms with Gasteiger partial charge in [-0.1, -0.05) is 12.2 Å². The lowest BCUT2D eigenvalue weighted by Crippen LogP contribution is -2.10. The summed E-state index contributed by atoms with van der Waals surface area (Å²) < 4.78 is 18.7. The van der Waals surface area contributed by atoms with Gasteiger partial charge in [0, 0.05) is 23.0 Å². The van der Waals surface area contributed by atoms with E-state index in [1.807, 2.05) is 6.08 Å². The van der Waals surface area contributed by atoms with E-state index in [4.69, 9.17) is 9.84 Å². The average molecular weight is 278 g/mol. The van der Waals surface area contributed by atoms with Gasteiger partial charge >= 0.3 is 5.97 Å². The van der Waals surface area contributed by atoms with Gasteiger partial charge in [0.05, 0.1) is 17.1 Å². The first kappa shape index (κ1) is 12.3. The highest BCUT2D eigenvalue weighted by atomic mass is 32.2. The van der Waals surface area contributed by atoms with E-state index in [1.165, 1.54) is 12.3 Å². The molecular weight excluding hydrogens is 267 g/mol. The first-order chi connectivity index (χ1) is 9.13. The number of aliphatic carboxylic acids is 1. The van der Waals surface area contributed by atoms with Crippen molar-refractivity contribution >= 4 is 17.7 Å². The van der Waals surface area contributed by atoms with Crippen LogP contribution in [0.15, 0.2) is 58.2 Å². The molecule has 1 heterocycles. The minimum atomic E-state index is -0.964. The smallest absolute Gasteiger partial charge is 0.335 e. The Morgan fingerprint density at radius 1 is 1.42 bits per heavy atom. The normalized spacial score (nSPS) is 25.3. The van der Waals surface area contributed by atoms with Crippen LogP contribution >= 0.6 is 11.8 Å². The molecule has 1 N–H and O–H groups in total. The molecule has 0 saturated carbocycles. The number of carboxylic acid groups (broad SMARTS) is 1. The third kappa shape index (κ3) is 2.38. The van der Waals surface area contributed by atoms with E-state index < -0.39 is 5.97 Å². The van der Waals surface area contributed by atoms with E-state index in [0.29, 0.717) is 18.6 Å². The van der Waals surface area contributed by atoms with Crippen LogP contribution in [0.3, 0.4) is 0 Å². The van der Waals surface area contributed by atoms with E-state index in [-0.39, 0.29) is 16.6 Å². The maximum Gasteiger partial charge on any atom is 0.335 e. The Hall–Kier alpha value is -1.75. The molecule has 1 unspecified atom stereocenters. The summed E-state index contributed by atoms with van der Waals surface area (Å²) >= 11 is 1.59. The summed E-state index contributed by atoms with van der Waals surface area (Å²) in [6.07, 6.45) is 8.99. The average Bonchev–Trinajstić information content (AvgIpc) is 2.56. The lowest BCUT2D eigenvalue weighted by molar-refractivity contribution is -0.132. The summed E-state index contributed by atoms with van der Waals surface area (Å²) in [6.45, 7) is 0.